The molecule has 0 unspecified atom stereocenters. The summed E-state index contributed by atoms with van der Waals surface area (Å²) in [6.45, 7) is 31.3. The monoisotopic (exact) mass is 1230 g/mol. The number of fused-ring (bicyclic) bond motifs is 3. The van der Waals surface area contributed by atoms with Crippen molar-refractivity contribution in [2.45, 2.75) is 156 Å². The number of benzene rings is 6. The molecule has 0 amide bonds. The van der Waals surface area contributed by atoms with Crippen LogP contribution in [0.2, 0.25) is 0 Å². The van der Waals surface area contributed by atoms with Crippen LogP contribution in [0.4, 0.5) is 17.1 Å². The summed E-state index contributed by atoms with van der Waals surface area (Å²) >= 11 is 0. The Kier molecular flexibility index (Phi) is 14.0. The van der Waals surface area contributed by atoms with Crippen molar-refractivity contribution in [3.63, 3.8) is 0 Å². The summed E-state index contributed by atoms with van der Waals surface area (Å²) < 4.78 is 199. The Bertz CT molecular complexity index is 5100. The normalized spacial score (nSPS) is 23.6. The van der Waals surface area contributed by atoms with Crippen LogP contribution in [0.15, 0.2) is 123 Å². The maximum atomic E-state index is 8.90. The van der Waals surface area contributed by atoms with E-state index in [4.69, 9.17) is 74.9 Å². The summed E-state index contributed by atoms with van der Waals surface area (Å²) in [5, 5.41) is 20.0. The fourth-order valence-corrected chi connectivity index (χ4v) is 9.75. The lowest BCUT2D eigenvalue weighted by molar-refractivity contribution is 0.244. The third kappa shape index (κ3) is 14.6. The van der Waals surface area contributed by atoms with Gasteiger partial charge in [-0.05, 0) is 207 Å². The summed E-state index contributed by atoms with van der Waals surface area (Å²) in [5.74, 6) is 1.33. The van der Waals surface area contributed by atoms with Crippen molar-refractivity contribution in [3.05, 3.63) is 177 Å². The number of hydrogen-bond acceptors (Lipinski definition) is 15. The first kappa shape index (κ1) is 42.4. The standard InChI is InChI=1S/3C24H26N4O2/c3*1-5-13-26-20-11-10-17-18(20)7-6-8-19(17)23-27-24(30-28-23)16-9-12-22(29-15(2)3)21(14-16)25-4/h3*6-9,12,14-15,20,26H,5,10-11,13H2,1-3H3/t3*20-/m000/s1/i5D2,10D2,13D2,15D,20D;10D2,13D2,15D,20D;5D2,10D2,15D,20D. The Hall–Kier alpha value is -9.51. The van der Waals surface area contributed by atoms with Gasteiger partial charge in [-0.25, -0.2) is 14.5 Å². The SMILES string of the molecule is [2H]C(C)(C)Oc1ccc(-c2nc(-c3cccc4c3C([2H])([2H])C[C@]4([2H])NC([2H])([2H])C([2H])([2H])C)no2)cc1[N+]#[C-].[2H]C([2H])(C)CN[C@@]1([2H])CC([2H])([2H])c2c(-c3noc(-c4ccc(OC([2H])(C)C)c([N+]#[C-])c4)n3)cccc21.[2H]C([2H])(CC)N[C@@]1([2H])CC([2H])([2H])c2c(-c3noc(-c4ccc(OC([2H])(C)C)c([N+]#[C-])c4)n3)cccc21. The highest BCUT2D eigenvalue weighted by Gasteiger charge is 2.30. The quantitative estimate of drug-likeness (QED) is 0.0575. The zero-order valence-electron chi connectivity index (χ0n) is 70.9. The molecule has 0 saturated heterocycles. The molecule has 12 rings (SSSR count). The Morgan fingerprint density at radius 3 is 1.17 bits per heavy atom. The second-order valence-corrected chi connectivity index (χ2v) is 20.7. The molecule has 6 aromatic carbocycles. The van der Waals surface area contributed by atoms with E-state index in [9.17, 15) is 0 Å². The molecule has 18 nitrogen and oxygen atoms in total. The lowest BCUT2D eigenvalue weighted by Crippen LogP contribution is -2.19. The highest BCUT2D eigenvalue weighted by Crippen LogP contribution is 2.42. The zero-order chi connectivity index (χ0) is 81.3. The highest BCUT2D eigenvalue weighted by molar-refractivity contribution is 5.74. The van der Waals surface area contributed by atoms with Gasteiger partial charge in [-0.1, -0.05) is 90.8 Å². The third-order valence-corrected chi connectivity index (χ3v) is 13.6. The second-order valence-electron chi connectivity index (χ2n) is 20.7. The van der Waals surface area contributed by atoms with Crippen molar-refractivity contribution in [1.29, 1.82) is 0 Å². The lowest BCUT2D eigenvalue weighted by Gasteiger charge is -2.13. The van der Waals surface area contributed by atoms with E-state index in [1.165, 1.54) is 37.3 Å². The van der Waals surface area contributed by atoms with Gasteiger partial charge in [-0.2, -0.15) is 15.0 Å². The maximum Gasteiger partial charge on any atom is 0.256 e. The molecule has 3 heterocycles. The Morgan fingerprint density at radius 2 is 0.856 bits per heavy atom. The average Bonchev–Trinajstić information content (AvgIpc) is 1.56. The first-order chi connectivity index (χ1) is 50.7. The van der Waals surface area contributed by atoms with E-state index < -0.39 is 87.6 Å². The van der Waals surface area contributed by atoms with Crippen molar-refractivity contribution in [2.75, 3.05) is 19.5 Å². The molecule has 0 saturated carbocycles. The molecule has 3 aliphatic rings. The number of nitrogens with one attached hydrogen (secondary N) is 3. The summed E-state index contributed by atoms with van der Waals surface area (Å²) in [7, 11) is 0. The minimum absolute atomic E-state index is 0.0378. The number of nitrogens with zero attached hydrogens (tertiary/aromatic N) is 9. The number of aromatic nitrogens is 6. The molecule has 0 aliphatic heterocycles. The summed E-state index contributed by atoms with van der Waals surface area (Å²) in [6, 6.07) is 23.5. The fourth-order valence-electron chi connectivity index (χ4n) is 9.75. The fraction of sp³-hybridized carbons (Fsp3) is 0.375. The topological polar surface area (TPSA) is 194 Å². The molecule has 3 atom stereocenters. The predicted molar refractivity (Wildman–Crippen MR) is 350 cm³/mol. The number of rotatable bonds is 21. The van der Waals surface area contributed by atoms with Crippen molar-refractivity contribution < 1.29 is 55.2 Å². The minimum atomic E-state index is -2.62. The lowest BCUT2D eigenvalue weighted by atomic mass is 10.0. The number of ether oxygens (including phenoxy) is 3. The van der Waals surface area contributed by atoms with E-state index in [0.717, 1.165) is 6.92 Å². The molecule has 9 aromatic rings. The van der Waals surface area contributed by atoms with E-state index in [1.807, 2.05) is 0 Å². The first-order valence-electron chi connectivity index (χ1n) is 38.6. The van der Waals surface area contributed by atoms with Gasteiger partial charge < -0.3 is 43.7 Å². The van der Waals surface area contributed by atoms with Crippen molar-refractivity contribution >= 4 is 17.1 Å². The predicted octanol–water partition coefficient (Wildman–Crippen LogP) is 17.2. The van der Waals surface area contributed by atoms with E-state index in [1.54, 1.807) is 127 Å². The molecular weight excluding hydrogens is 1130 g/mol. The molecule has 3 N–H and O–H groups in total. The first-order valence-corrected chi connectivity index (χ1v) is 28.6. The van der Waals surface area contributed by atoms with Crippen LogP contribution in [0.5, 0.6) is 17.2 Å². The van der Waals surface area contributed by atoms with E-state index in [2.05, 4.69) is 60.9 Å². The molecule has 3 aliphatic carbocycles. The largest absolute Gasteiger partial charge is 0.502 e. The summed E-state index contributed by atoms with van der Waals surface area (Å²) in [4.78, 5) is 23.7. The molecule has 18 heteroatoms. The van der Waals surface area contributed by atoms with Gasteiger partial charge >= 0.3 is 0 Å². The van der Waals surface area contributed by atoms with Gasteiger partial charge in [0.2, 0.25) is 34.5 Å². The van der Waals surface area contributed by atoms with Crippen LogP contribution in [0, 0.1) is 19.7 Å². The van der Waals surface area contributed by atoms with Crippen LogP contribution in [0.3, 0.4) is 0 Å². The maximum absolute atomic E-state index is 8.90. The smallest absolute Gasteiger partial charge is 0.256 e. The van der Waals surface area contributed by atoms with E-state index in [-0.39, 0.29) is 123 Å². The molecule has 0 fully saturated rings. The third-order valence-electron chi connectivity index (χ3n) is 13.6. The summed E-state index contributed by atoms with van der Waals surface area (Å²) in [5.41, 5.74) is 4.26. The molecule has 0 radical (unpaired) electrons. The van der Waals surface area contributed by atoms with Crippen molar-refractivity contribution in [2.24, 2.45) is 0 Å². The Labute approximate surface area is 555 Å². The zero-order valence-corrected chi connectivity index (χ0v) is 50.9. The van der Waals surface area contributed by atoms with Crippen molar-refractivity contribution in [1.82, 2.24) is 46.4 Å². The van der Waals surface area contributed by atoms with Gasteiger partial charge in [0.15, 0.2) is 0 Å². The van der Waals surface area contributed by atoms with Crippen LogP contribution >= 0.6 is 0 Å². The van der Waals surface area contributed by atoms with Gasteiger partial charge in [-0.15, -0.1) is 0 Å². The molecule has 3 aromatic heterocycles. The van der Waals surface area contributed by atoms with Gasteiger partial charge in [0.05, 0.1) is 46.2 Å². The number of hydrogen-bond donors (Lipinski definition) is 3. The van der Waals surface area contributed by atoms with Crippen LogP contribution in [0.25, 0.3) is 83.1 Å². The van der Waals surface area contributed by atoms with Gasteiger partial charge in [0, 0.05) is 70.6 Å². The molecule has 0 bridgehead atoms. The molecule has 90 heavy (non-hydrogen) atoms. The van der Waals surface area contributed by atoms with Gasteiger partial charge in [-0.3, -0.25) is 0 Å². The molecule has 0 spiro atoms. The highest BCUT2D eigenvalue weighted by atomic mass is 16.5. The van der Waals surface area contributed by atoms with Gasteiger partial charge in [0.25, 0.3) is 17.7 Å². The van der Waals surface area contributed by atoms with Crippen LogP contribution in [0.1, 0.15) is 180 Å². The Morgan fingerprint density at radius 1 is 0.511 bits per heavy atom. The molecule has 462 valence electrons. The van der Waals surface area contributed by atoms with Gasteiger partial charge in [0.1, 0.15) is 17.2 Å². The van der Waals surface area contributed by atoms with Crippen LogP contribution in [-0.2, 0) is 19.1 Å². The van der Waals surface area contributed by atoms with Crippen molar-refractivity contribution in [3.8, 4) is 85.8 Å². The second kappa shape index (κ2) is 29.7. The van der Waals surface area contributed by atoms with Crippen LogP contribution in [-0.4, -0.2) is 68.2 Å². The molecular formula is C72H78N12O6. The van der Waals surface area contributed by atoms with E-state index >= 15 is 0 Å². The van der Waals surface area contributed by atoms with Crippen LogP contribution < -0.4 is 30.2 Å². The Balaban J connectivity index is 0.000000176. The van der Waals surface area contributed by atoms with E-state index in [0.29, 0.717) is 38.9 Å². The average molecular weight is 1230 g/mol. The summed E-state index contributed by atoms with van der Waals surface area (Å²) in [6.07, 6.45) is -14.3. The minimum Gasteiger partial charge on any atom is -0.502 e.